The molecule has 1 aromatic heterocycles. The lowest BCUT2D eigenvalue weighted by Crippen LogP contribution is -2.31. The standard InChI is InChI=1S/C22H27N5O2/c1-16(2)15-29-20-11-9-19(10-12-20)17(3)23-22(28)24-21-14-27(26-25-21)13-18-7-5-4-6-8-18/h4-12,14,16-17H,13,15H2,1-3H3,(H2,23,24,28). The molecule has 0 aliphatic carbocycles. The van der Waals surface area contributed by atoms with Crippen molar-refractivity contribution in [1.82, 2.24) is 20.3 Å². The summed E-state index contributed by atoms with van der Waals surface area (Å²) < 4.78 is 7.37. The van der Waals surface area contributed by atoms with Gasteiger partial charge in [-0.25, -0.2) is 9.48 Å². The molecule has 1 heterocycles. The molecule has 3 aromatic rings. The first kappa shape index (κ1) is 20.4. The van der Waals surface area contributed by atoms with Crippen LogP contribution in [-0.4, -0.2) is 27.6 Å². The van der Waals surface area contributed by atoms with E-state index in [9.17, 15) is 4.79 Å². The van der Waals surface area contributed by atoms with Crippen molar-refractivity contribution in [2.75, 3.05) is 11.9 Å². The van der Waals surface area contributed by atoms with Crippen molar-refractivity contribution >= 4 is 11.8 Å². The van der Waals surface area contributed by atoms with E-state index in [4.69, 9.17) is 4.74 Å². The molecule has 29 heavy (non-hydrogen) atoms. The van der Waals surface area contributed by atoms with Gasteiger partial charge in [0.2, 0.25) is 0 Å². The molecule has 3 rings (SSSR count). The molecular formula is C22H27N5O2. The van der Waals surface area contributed by atoms with Crippen LogP contribution in [0.3, 0.4) is 0 Å². The van der Waals surface area contributed by atoms with Crippen LogP contribution in [-0.2, 0) is 6.54 Å². The van der Waals surface area contributed by atoms with Gasteiger partial charge >= 0.3 is 6.03 Å². The maximum Gasteiger partial charge on any atom is 0.320 e. The fourth-order valence-corrected chi connectivity index (χ4v) is 2.75. The van der Waals surface area contributed by atoms with Crippen molar-refractivity contribution in [3.05, 3.63) is 71.9 Å². The van der Waals surface area contributed by atoms with Crippen LogP contribution in [0.2, 0.25) is 0 Å². The number of anilines is 1. The SMILES string of the molecule is CC(C)COc1ccc(C(C)NC(=O)Nc2cn(Cc3ccccc3)nn2)cc1. The van der Waals surface area contributed by atoms with Crippen molar-refractivity contribution < 1.29 is 9.53 Å². The monoisotopic (exact) mass is 393 g/mol. The minimum atomic E-state index is -0.329. The van der Waals surface area contributed by atoms with Crippen LogP contribution in [0.4, 0.5) is 10.6 Å². The number of urea groups is 1. The van der Waals surface area contributed by atoms with Gasteiger partial charge in [-0.05, 0) is 36.1 Å². The van der Waals surface area contributed by atoms with Crippen molar-refractivity contribution in [3.63, 3.8) is 0 Å². The van der Waals surface area contributed by atoms with Crippen molar-refractivity contribution in [2.24, 2.45) is 5.92 Å². The Morgan fingerprint density at radius 3 is 2.48 bits per heavy atom. The van der Waals surface area contributed by atoms with Gasteiger partial charge in [-0.3, -0.25) is 5.32 Å². The molecule has 0 bridgehead atoms. The zero-order valence-corrected chi connectivity index (χ0v) is 17.0. The van der Waals surface area contributed by atoms with Gasteiger partial charge in [0.05, 0.1) is 25.4 Å². The lowest BCUT2D eigenvalue weighted by molar-refractivity contribution is 0.249. The number of carbonyl (C=O) groups excluding carboxylic acids is 1. The van der Waals surface area contributed by atoms with E-state index < -0.39 is 0 Å². The molecule has 0 saturated heterocycles. The van der Waals surface area contributed by atoms with Crippen LogP contribution in [0.15, 0.2) is 60.8 Å². The van der Waals surface area contributed by atoms with E-state index in [-0.39, 0.29) is 12.1 Å². The van der Waals surface area contributed by atoms with Crippen LogP contribution in [0.1, 0.15) is 37.9 Å². The number of ether oxygens (including phenoxy) is 1. The molecule has 2 aromatic carbocycles. The van der Waals surface area contributed by atoms with E-state index in [0.29, 0.717) is 24.9 Å². The fourth-order valence-electron chi connectivity index (χ4n) is 2.75. The summed E-state index contributed by atoms with van der Waals surface area (Å²) >= 11 is 0. The highest BCUT2D eigenvalue weighted by Gasteiger charge is 2.11. The van der Waals surface area contributed by atoms with Gasteiger partial charge in [0.15, 0.2) is 5.82 Å². The van der Waals surface area contributed by atoms with Crippen molar-refractivity contribution in [2.45, 2.75) is 33.4 Å². The minimum absolute atomic E-state index is 0.159. The predicted molar refractivity (Wildman–Crippen MR) is 113 cm³/mol. The summed E-state index contributed by atoms with van der Waals surface area (Å²) in [7, 11) is 0. The third-order valence-corrected chi connectivity index (χ3v) is 4.28. The second kappa shape index (κ2) is 9.73. The first-order valence-corrected chi connectivity index (χ1v) is 9.74. The van der Waals surface area contributed by atoms with Crippen molar-refractivity contribution in [3.8, 4) is 5.75 Å². The molecule has 0 saturated carbocycles. The van der Waals surface area contributed by atoms with Gasteiger partial charge in [-0.1, -0.05) is 61.5 Å². The summed E-state index contributed by atoms with van der Waals surface area (Å²) in [6.45, 7) is 7.42. The number of amides is 2. The van der Waals surface area contributed by atoms with Gasteiger partial charge in [0, 0.05) is 0 Å². The van der Waals surface area contributed by atoms with Crippen LogP contribution in [0.25, 0.3) is 0 Å². The molecule has 0 aliphatic heterocycles. The van der Waals surface area contributed by atoms with E-state index in [1.165, 1.54) is 0 Å². The van der Waals surface area contributed by atoms with Gasteiger partial charge in [-0.2, -0.15) is 0 Å². The topological polar surface area (TPSA) is 81.1 Å². The van der Waals surface area contributed by atoms with E-state index in [0.717, 1.165) is 16.9 Å². The van der Waals surface area contributed by atoms with Crippen LogP contribution >= 0.6 is 0 Å². The summed E-state index contributed by atoms with van der Waals surface area (Å²) in [6.07, 6.45) is 1.71. The molecule has 7 nitrogen and oxygen atoms in total. The van der Waals surface area contributed by atoms with Crippen molar-refractivity contribution in [1.29, 1.82) is 0 Å². The molecule has 1 unspecified atom stereocenters. The van der Waals surface area contributed by atoms with Crippen LogP contribution in [0.5, 0.6) is 5.75 Å². The Kier molecular flexibility index (Phi) is 6.84. The van der Waals surface area contributed by atoms with E-state index in [1.54, 1.807) is 10.9 Å². The second-order valence-electron chi connectivity index (χ2n) is 7.38. The quantitative estimate of drug-likeness (QED) is 0.600. The highest BCUT2D eigenvalue weighted by atomic mass is 16.5. The Morgan fingerprint density at radius 2 is 1.79 bits per heavy atom. The Bertz CT molecular complexity index is 906. The molecule has 1 atom stereocenters. The molecule has 0 aliphatic rings. The normalized spacial score (nSPS) is 11.9. The zero-order chi connectivity index (χ0) is 20.6. The number of aromatic nitrogens is 3. The third-order valence-electron chi connectivity index (χ3n) is 4.28. The number of nitrogens with zero attached hydrogens (tertiary/aromatic N) is 3. The molecule has 0 fully saturated rings. The van der Waals surface area contributed by atoms with Gasteiger partial charge in [0.25, 0.3) is 0 Å². The summed E-state index contributed by atoms with van der Waals surface area (Å²) in [5.41, 5.74) is 2.10. The highest BCUT2D eigenvalue weighted by Crippen LogP contribution is 2.18. The zero-order valence-electron chi connectivity index (χ0n) is 17.0. The van der Waals surface area contributed by atoms with E-state index >= 15 is 0 Å². The molecule has 0 spiro atoms. The number of benzene rings is 2. The Balaban J connectivity index is 1.50. The number of hydrogen-bond donors (Lipinski definition) is 2. The molecule has 2 N–H and O–H groups in total. The summed E-state index contributed by atoms with van der Waals surface area (Å²) in [4.78, 5) is 12.3. The molecule has 152 valence electrons. The van der Waals surface area contributed by atoms with Crippen LogP contribution in [0, 0.1) is 5.92 Å². The number of carbonyl (C=O) groups is 1. The molecular weight excluding hydrogens is 366 g/mol. The number of rotatable bonds is 8. The third kappa shape index (κ3) is 6.34. The number of nitrogens with one attached hydrogen (secondary N) is 2. The first-order valence-electron chi connectivity index (χ1n) is 9.74. The maximum atomic E-state index is 12.3. The maximum absolute atomic E-state index is 12.3. The minimum Gasteiger partial charge on any atom is -0.493 e. The summed E-state index contributed by atoms with van der Waals surface area (Å²) in [6, 6.07) is 17.2. The van der Waals surface area contributed by atoms with Gasteiger partial charge < -0.3 is 10.1 Å². The largest absolute Gasteiger partial charge is 0.493 e. The lowest BCUT2D eigenvalue weighted by atomic mass is 10.1. The molecule has 2 amide bonds. The Hall–Kier alpha value is -3.35. The average Bonchev–Trinajstić information content (AvgIpc) is 3.14. The first-order chi connectivity index (χ1) is 14.0. The van der Waals surface area contributed by atoms with Crippen LogP contribution < -0.4 is 15.4 Å². The molecule has 7 heteroatoms. The summed E-state index contributed by atoms with van der Waals surface area (Å²) in [5, 5.41) is 13.7. The van der Waals surface area contributed by atoms with E-state index in [1.807, 2.05) is 61.5 Å². The fraction of sp³-hybridized carbons (Fsp3) is 0.318. The molecule has 0 radical (unpaired) electrons. The second-order valence-corrected chi connectivity index (χ2v) is 7.38. The predicted octanol–water partition coefficient (Wildman–Crippen LogP) is 4.24. The Labute approximate surface area is 171 Å². The lowest BCUT2D eigenvalue weighted by Gasteiger charge is -2.15. The smallest absolute Gasteiger partial charge is 0.320 e. The van der Waals surface area contributed by atoms with E-state index in [2.05, 4.69) is 34.8 Å². The summed E-state index contributed by atoms with van der Waals surface area (Å²) in [5.74, 6) is 1.71. The van der Waals surface area contributed by atoms with Gasteiger partial charge in [0.1, 0.15) is 5.75 Å². The average molecular weight is 393 g/mol. The number of hydrogen-bond acceptors (Lipinski definition) is 4. The Morgan fingerprint density at radius 1 is 1.07 bits per heavy atom. The van der Waals surface area contributed by atoms with Gasteiger partial charge in [-0.15, -0.1) is 5.10 Å². The highest BCUT2D eigenvalue weighted by molar-refractivity contribution is 5.88.